The SMILES string of the molecule is CCOC(=O)C[C@@H](O)[C@H](C)c1ccccc1. The summed E-state index contributed by atoms with van der Waals surface area (Å²) in [6.07, 6.45) is -0.648. The van der Waals surface area contributed by atoms with Gasteiger partial charge >= 0.3 is 5.97 Å². The Kier molecular flexibility index (Phi) is 4.99. The minimum atomic E-state index is -0.693. The molecule has 0 unspecified atom stereocenters. The van der Waals surface area contributed by atoms with Gasteiger partial charge in [0.05, 0.1) is 19.1 Å². The summed E-state index contributed by atoms with van der Waals surface area (Å²) in [6, 6.07) is 9.65. The van der Waals surface area contributed by atoms with Crippen LogP contribution in [0.3, 0.4) is 0 Å². The summed E-state index contributed by atoms with van der Waals surface area (Å²) in [5.41, 5.74) is 1.03. The Morgan fingerprint density at radius 3 is 2.56 bits per heavy atom. The van der Waals surface area contributed by atoms with E-state index in [0.717, 1.165) is 5.56 Å². The molecule has 2 atom stereocenters. The Morgan fingerprint density at radius 2 is 2.00 bits per heavy atom. The number of rotatable bonds is 5. The average Bonchev–Trinajstić information content (AvgIpc) is 2.29. The molecular formula is C13H18O3. The standard InChI is InChI=1S/C13H18O3/c1-3-16-13(15)9-12(14)10(2)11-7-5-4-6-8-11/h4-8,10,12,14H,3,9H2,1-2H3/t10-,12-/m1/s1. The molecule has 0 saturated heterocycles. The van der Waals surface area contributed by atoms with Crippen LogP contribution in [0.5, 0.6) is 0 Å². The summed E-state index contributed by atoms with van der Waals surface area (Å²) >= 11 is 0. The zero-order valence-corrected chi connectivity index (χ0v) is 9.72. The van der Waals surface area contributed by atoms with Crippen molar-refractivity contribution in [1.29, 1.82) is 0 Å². The highest BCUT2D eigenvalue weighted by Crippen LogP contribution is 2.20. The molecule has 3 nitrogen and oxygen atoms in total. The first-order valence-corrected chi connectivity index (χ1v) is 5.53. The molecule has 1 aromatic carbocycles. The molecular weight excluding hydrogens is 204 g/mol. The number of aliphatic hydroxyl groups is 1. The molecule has 0 heterocycles. The molecule has 1 N–H and O–H groups in total. The highest BCUT2D eigenvalue weighted by atomic mass is 16.5. The second-order valence-electron chi connectivity index (χ2n) is 3.78. The summed E-state index contributed by atoms with van der Waals surface area (Å²) < 4.78 is 4.80. The number of benzene rings is 1. The van der Waals surface area contributed by atoms with E-state index in [1.165, 1.54) is 0 Å². The monoisotopic (exact) mass is 222 g/mol. The fourth-order valence-corrected chi connectivity index (χ4v) is 1.55. The first-order chi connectivity index (χ1) is 7.65. The molecule has 0 aliphatic carbocycles. The molecule has 0 fully saturated rings. The molecule has 0 amide bonds. The van der Waals surface area contributed by atoms with E-state index < -0.39 is 6.10 Å². The van der Waals surface area contributed by atoms with Crippen LogP contribution in [0.4, 0.5) is 0 Å². The number of esters is 1. The van der Waals surface area contributed by atoms with Gasteiger partial charge in [0.1, 0.15) is 0 Å². The van der Waals surface area contributed by atoms with Gasteiger partial charge in [0, 0.05) is 5.92 Å². The zero-order valence-electron chi connectivity index (χ0n) is 9.72. The summed E-state index contributed by atoms with van der Waals surface area (Å²) in [6.45, 7) is 4.01. The minimum absolute atomic E-state index is 0.0455. The van der Waals surface area contributed by atoms with Crippen LogP contribution in [0.2, 0.25) is 0 Å². The normalized spacial score (nSPS) is 14.2. The molecule has 0 aromatic heterocycles. The predicted molar refractivity (Wildman–Crippen MR) is 62.1 cm³/mol. The lowest BCUT2D eigenvalue weighted by Crippen LogP contribution is -2.21. The summed E-state index contributed by atoms with van der Waals surface area (Å²) in [4.78, 5) is 11.2. The maximum Gasteiger partial charge on any atom is 0.308 e. The first-order valence-electron chi connectivity index (χ1n) is 5.53. The Balaban J connectivity index is 2.54. The molecule has 0 aliphatic rings. The van der Waals surface area contributed by atoms with Crippen molar-refractivity contribution in [3.8, 4) is 0 Å². The van der Waals surface area contributed by atoms with Crippen molar-refractivity contribution in [2.45, 2.75) is 32.3 Å². The Hall–Kier alpha value is -1.35. The number of carbonyl (C=O) groups is 1. The van der Waals surface area contributed by atoms with Crippen LogP contribution >= 0.6 is 0 Å². The van der Waals surface area contributed by atoms with Gasteiger partial charge in [-0.15, -0.1) is 0 Å². The van der Waals surface area contributed by atoms with Crippen LogP contribution in [0.25, 0.3) is 0 Å². The highest BCUT2D eigenvalue weighted by Gasteiger charge is 2.19. The van der Waals surface area contributed by atoms with Crippen LogP contribution in [0.1, 0.15) is 31.7 Å². The van der Waals surface area contributed by atoms with Crippen LogP contribution in [0.15, 0.2) is 30.3 Å². The lowest BCUT2D eigenvalue weighted by molar-refractivity contribution is -0.145. The Labute approximate surface area is 96.1 Å². The molecule has 0 aliphatic heterocycles. The van der Waals surface area contributed by atoms with Crippen LogP contribution in [0, 0.1) is 0 Å². The van der Waals surface area contributed by atoms with Crippen LogP contribution in [-0.4, -0.2) is 23.8 Å². The second-order valence-corrected chi connectivity index (χ2v) is 3.78. The largest absolute Gasteiger partial charge is 0.466 e. The third-order valence-electron chi connectivity index (χ3n) is 2.58. The van der Waals surface area contributed by atoms with Crippen LogP contribution in [-0.2, 0) is 9.53 Å². The van der Waals surface area contributed by atoms with Gasteiger partial charge in [0.2, 0.25) is 0 Å². The van der Waals surface area contributed by atoms with Crippen LogP contribution < -0.4 is 0 Å². The average molecular weight is 222 g/mol. The lowest BCUT2D eigenvalue weighted by atomic mass is 9.94. The smallest absolute Gasteiger partial charge is 0.308 e. The Bertz CT molecular complexity index is 321. The third-order valence-corrected chi connectivity index (χ3v) is 2.58. The molecule has 16 heavy (non-hydrogen) atoms. The number of aliphatic hydroxyl groups excluding tert-OH is 1. The zero-order chi connectivity index (χ0) is 12.0. The van der Waals surface area contributed by atoms with E-state index in [1.54, 1.807) is 6.92 Å². The quantitative estimate of drug-likeness (QED) is 0.776. The fourth-order valence-electron chi connectivity index (χ4n) is 1.55. The van der Waals surface area contributed by atoms with Crippen molar-refractivity contribution < 1.29 is 14.6 Å². The number of hydrogen-bond donors (Lipinski definition) is 1. The number of carbonyl (C=O) groups excluding carboxylic acids is 1. The van der Waals surface area contributed by atoms with Crippen molar-refractivity contribution in [2.75, 3.05) is 6.61 Å². The number of ether oxygens (including phenoxy) is 1. The molecule has 3 heteroatoms. The molecule has 0 spiro atoms. The summed E-state index contributed by atoms with van der Waals surface area (Å²) in [5.74, 6) is -0.414. The Morgan fingerprint density at radius 1 is 1.38 bits per heavy atom. The van der Waals surface area contributed by atoms with Gasteiger partial charge < -0.3 is 9.84 Å². The van der Waals surface area contributed by atoms with E-state index in [2.05, 4.69) is 0 Å². The molecule has 1 aromatic rings. The third kappa shape index (κ3) is 3.66. The number of hydrogen-bond acceptors (Lipinski definition) is 3. The maximum atomic E-state index is 11.2. The van der Waals surface area contributed by atoms with Crippen molar-refractivity contribution in [3.05, 3.63) is 35.9 Å². The minimum Gasteiger partial charge on any atom is -0.466 e. The van der Waals surface area contributed by atoms with E-state index in [0.29, 0.717) is 6.61 Å². The fraction of sp³-hybridized carbons (Fsp3) is 0.462. The van der Waals surface area contributed by atoms with Gasteiger partial charge in [0.25, 0.3) is 0 Å². The topological polar surface area (TPSA) is 46.5 Å². The van der Waals surface area contributed by atoms with Gasteiger partial charge in [-0.3, -0.25) is 4.79 Å². The van der Waals surface area contributed by atoms with Gasteiger partial charge in [0.15, 0.2) is 0 Å². The van der Waals surface area contributed by atoms with Gasteiger partial charge in [-0.25, -0.2) is 0 Å². The lowest BCUT2D eigenvalue weighted by Gasteiger charge is -2.18. The van der Waals surface area contributed by atoms with E-state index in [4.69, 9.17) is 4.74 Å². The predicted octanol–water partition coefficient (Wildman–Crippen LogP) is 2.10. The summed E-state index contributed by atoms with van der Waals surface area (Å²) in [5, 5.41) is 9.87. The molecule has 0 saturated carbocycles. The molecule has 1 rings (SSSR count). The van der Waals surface area contributed by atoms with Crippen molar-refractivity contribution in [2.24, 2.45) is 0 Å². The van der Waals surface area contributed by atoms with Crippen molar-refractivity contribution in [1.82, 2.24) is 0 Å². The first kappa shape index (κ1) is 12.7. The molecule has 0 radical (unpaired) electrons. The van der Waals surface area contributed by atoms with E-state index in [-0.39, 0.29) is 18.3 Å². The summed E-state index contributed by atoms with van der Waals surface area (Å²) in [7, 11) is 0. The van der Waals surface area contributed by atoms with Crippen molar-refractivity contribution in [3.63, 3.8) is 0 Å². The van der Waals surface area contributed by atoms with E-state index >= 15 is 0 Å². The van der Waals surface area contributed by atoms with E-state index in [1.807, 2.05) is 37.3 Å². The maximum absolute atomic E-state index is 11.2. The van der Waals surface area contributed by atoms with Gasteiger partial charge in [-0.05, 0) is 12.5 Å². The second kappa shape index (κ2) is 6.28. The molecule has 88 valence electrons. The van der Waals surface area contributed by atoms with Gasteiger partial charge in [-0.2, -0.15) is 0 Å². The van der Waals surface area contributed by atoms with Crippen molar-refractivity contribution >= 4 is 5.97 Å². The molecule has 0 bridgehead atoms. The highest BCUT2D eigenvalue weighted by molar-refractivity contribution is 5.70. The van der Waals surface area contributed by atoms with Gasteiger partial charge in [-0.1, -0.05) is 37.3 Å². The van der Waals surface area contributed by atoms with E-state index in [9.17, 15) is 9.90 Å².